The molecule has 0 amide bonds. The van der Waals surface area contributed by atoms with Crippen molar-refractivity contribution in [2.75, 3.05) is 20.3 Å². The van der Waals surface area contributed by atoms with Gasteiger partial charge in [-0.25, -0.2) is 0 Å². The van der Waals surface area contributed by atoms with Gasteiger partial charge in [-0.1, -0.05) is 13.8 Å². The van der Waals surface area contributed by atoms with E-state index in [1.807, 2.05) is 11.1 Å². The second-order valence-corrected chi connectivity index (χ2v) is 9.02. The molecule has 0 N–H and O–H groups in total. The molecule has 0 radical (unpaired) electrons. The highest BCUT2D eigenvalue weighted by Crippen LogP contribution is 2.60. The largest absolute Gasteiger partial charge is 0.317 e. The molecule has 1 aliphatic rings. The summed E-state index contributed by atoms with van der Waals surface area (Å²) in [6.07, 6.45) is 2.15. The average molecular weight is 334 g/mol. The molecule has 0 saturated carbocycles. The van der Waals surface area contributed by atoms with Gasteiger partial charge in [-0.3, -0.25) is 0 Å². The highest BCUT2D eigenvalue weighted by Gasteiger charge is 2.39. The van der Waals surface area contributed by atoms with Crippen molar-refractivity contribution in [1.29, 1.82) is 0 Å². The fourth-order valence-corrected chi connectivity index (χ4v) is 6.16. The van der Waals surface area contributed by atoms with Crippen LogP contribution in [-0.4, -0.2) is 24.3 Å². The van der Waals surface area contributed by atoms with Crippen LogP contribution in [0.5, 0.6) is 0 Å². The summed E-state index contributed by atoms with van der Waals surface area (Å²) in [6.45, 7) is 3.56. The molecule has 0 aromatic rings. The first-order chi connectivity index (χ1) is 7.02. The van der Waals surface area contributed by atoms with Crippen LogP contribution >= 0.6 is 31.8 Å². The van der Waals surface area contributed by atoms with Gasteiger partial charge in [-0.05, 0) is 24.6 Å². The summed E-state index contributed by atoms with van der Waals surface area (Å²) in [7, 11) is 3.28. The van der Waals surface area contributed by atoms with Crippen LogP contribution in [0.1, 0.15) is 26.7 Å². The van der Waals surface area contributed by atoms with E-state index in [1.54, 1.807) is 0 Å². The summed E-state index contributed by atoms with van der Waals surface area (Å²) in [5, 5.41) is 0. The lowest BCUT2D eigenvalue weighted by Crippen LogP contribution is -2.36. The predicted molar refractivity (Wildman–Crippen MR) is 73.5 cm³/mol. The molecule has 1 rings (SSSR count). The van der Waals surface area contributed by atoms with Crippen LogP contribution in [-0.2, 0) is 20.9 Å². The van der Waals surface area contributed by atoms with Crippen molar-refractivity contribution in [2.24, 2.45) is 5.41 Å². The Bertz CT molecular complexity index is 249. The zero-order valence-corrected chi connectivity index (χ0v) is 13.3. The molecule has 0 atom stereocenters. The third-order valence-electron chi connectivity index (χ3n) is 3.01. The van der Waals surface area contributed by atoms with E-state index in [9.17, 15) is 0 Å². The van der Waals surface area contributed by atoms with Gasteiger partial charge in [0.15, 0.2) is 0 Å². The van der Waals surface area contributed by atoms with Gasteiger partial charge < -0.3 is 9.05 Å². The topological polar surface area (TPSA) is 21.7 Å². The first kappa shape index (κ1) is 14.4. The van der Waals surface area contributed by atoms with Crippen molar-refractivity contribution in [3.8, 4) is 0 Å². The highest BCUT2D eigenvalue weighted by molar-refractivity contribution is 9.50. The Labute approximate surface area is 109 Å². The molecule has 0 bridgehead atoms. The summed E-state index contributed by atoms with van der Waals surface area (Å²) in [5.41, 5.74) is 0.167. The third kappa shape index (κ3) is 3.18. The fraction of sp³-hybridized carbons (Fsp3) is 1.00. The Kier molecular flexibility index (Phi) is 5.58. The molecule has 7 heteroatoms. The minimum absolute atomic E-state index is 0.167. The van der Waals surface area contributed by atoms with Crippen LogP contribution in [0, 0.1) is 5.41 Å². The standard InChI is InChI=1S/C8H17BrNO2PS2/c1-4-8(5-2)6-11-13(14,12-7-8)10(3)15-9/h4-7H2,1-3H3. The van der Waals surface area contributed by atoms with Gasteiger partial charge in [0.1, 0.15) is 0 Å². The molecule has 15 heavy (non-hydrogen) atoms. The van der Waals surface area contributed by atoms with Crippen molar-refractivity contribution in [3.63, 3.8) is 0 Å². The van der Waals surface area contributed by atoms with E-state index in [4.69, 9.17) is 20.9 Å². The number of hydrogen-bond acceptors (Lipinski definition) is 4. The Morgan fingerprint density at radius 2 is 1.87 bits per heavy atom. The zero-order valence-electron chi connectivity index (χ0n) is 9.23. The summed E-state index contributed by atoms with van der Waals surface area (Å²) in [4.78, 5) is 0. The molecule has 1 saturated heterocycles. The van der Waals surface area contributed by atoms with Crippen LogP contribution in [0.2, 0.25) is 0 Å². The van der Waals surface area contributed by atoms with Crippen LogP contribution in [0.15, 0.2) is 0 Å². The lowest BCUT2D eigenvalue weighted by Gasteiger charge is -2.41. The van der Waals surface area contributed by atoms with E-state index in [0.717, 1.165) is 26.1 Å². The smallest absolute Gasteiger partial charge is 0.274 e. The van der Waals surface area contributed by atoms with Crippen LogP contribution in [0.25, 0.3) is 0 Å². The maximum absolute atomic E-state index is 5.79. The molecule has 0 aromatic heterocycles. The second kappa shape index (κ2) is 5.80. The molecular weight excluding hydrogens is 317 g/mol. The minimum atomic E-state index is -2.23. The van der Waals surface area contributed by atoms with Crippen LogP contribution in [0.4, 0.5) is 0 Å². The van der Waals surface area contributed by atoms with E-state index in [-0.39, 0.29) is 5.41 Å². The van der Waals surface area contributed by atoms with Gasteiger partial charge >= 0.3 is 0 Å². The molecule has 0 spiro atoms. The van der Waals surface area contributed by atoms with Crippen molar-refractivity contribution in [2.45, 2.75) is 26.7 Å². The number of halogens is 1. The van der Waals surface area contributed by atoms with Crippen LogP contribution < -0.4 is 0 Å². The molecule has 1 heterocycles. The zero-order chi connectivity index (χ0) is 11.5. The highest BCUT2D eigenvalue weighted by atomic mass is 79.9. The normalized spacial score (nSPS) is 24.3. The summed E-state index contributed by atoms with van der Waals surface area (Å²) >= 11 is 8.71. The lowest BCUT2D eigenvalue weighted by atomic mass is 9.84. The molecule has 0 unspecified atom stereocenters. The lowest BCUT2D eigenvalue weighted by molar-refractivity contribution is 0.0203. The summed E-state index contributed by atoms with van der Waals surface area (Å²) < 4.78 is 13.4. The Morgan fingerprint density at radius 3 is 2.20 bits per heavy atom. The van der Waals surface area contributed by atoms with Gasteiger partial charge in [-0.2, -0.15) is 4.08 Å². The third-order valence-corrected chi connectivity index (χ3v) is 9.35. The number of nitrogens with zero attached hydrogens (tertiary/aromatic N) is 1. The van der Waals surface area contributed by atoms with Gasteiger partial charge in [0.05, 0.1) is 13.2 Å². The Balaban J connectivity index is 2.65. The van der Waals surface area contributed by atoms with Gasteiger partial charge in [-0.15, -0.1) is 0 Å². The predicted octanol–water partition coefficient (Wildman–Crippen LogP) is 3.95. The molecule has 0 aromatic carbocycles. The van der Waals surface area contributed by atoms with Crippen LogP contribution in [0.3, 0.4) is 0 Å². The first-order valence-electron chi connectivity index (χ1n) is 4.94. The molecule has 0 aliphatic carbocycles. The summed E-state index contributed by atoms with van der Waals surface area (Å²) in [6, 6.07) is 0. The number of hydrogen-bond donors (Lipinski definition) is 0. The van der Waals surface area contributed by atoms with Gasteiger partial charge in [0.25, 0.3) is 6.64 Å². The SMILES string of the molecule is CCC1(CC)COP(=S)(N(C)SBr)OC1. The van der Waals surface area contributed by atoms with Crippen molar-refractivity contribution < 1.29 is 9.05 Å². The minimum Gasteiger partial charge on any atom is -0.317 e. The average Bonchev–Trinajstić information content (AvgIpc) is 2.30. The summed E-state index contributed by atoms with van der Waals surface area (Å²) in [5.74, 6) is 0. The Hall–Kier alpha value is 1.36. The quantitative estimate of drug-likeness (QED) is 0.572. The second-order valence-electron chi connectivity index (χ2n) is 3.76. The molecule has 90 valence electrons. The van der Waals surface area contributed by atoms with E-state index < -0.39 is 6.64 Å². The number of rotatable bonds is 4. The van der Waals surface area contributed by atoms with Crippen molar-refractivity contribution >= 4 is 43.6 Å². The molecular formula is C8H17BrNO2PS2. The maximum Gasteiger partial charge on any atom is 0.274 e. The molecule has 1 aliphatic heterocycles. The van der Waals surface area contributed by atoms with E-state index >= 15 is 0 Å². The fourth-order valence-electron chi connectivity index (χ4n) is 1.37. The van der Waals surface area contributed by atoms with Crippen molar-refractivity contribution in [1.82, 2.24) is 4.08 Å². The molecule has 3 nitrogen and oxygen atoms in total. The monoisotopic (exact) mass is 333 g/mol. The Morgan fingerprint density at radius 1 is 1.40 bits per heavy atom. The van der Waals surface area contributed by atoms with E-state index in [2.05, 4.69) is 28.7 Å². The van der Waals surface area contributed by atoms with E-state index in [0.29, 0.717) is 0 Å². The maximum atomic E-state index is 5.79. The molecule has 1 fully saturated rings. The first-order valence-corrected chi connectivity index (χ1v) is 10.1. The van der Waals surface area contributed by atoms with E-state index in [1.165, 1.54) is 10.4 Å². The van der Waals surface area contributed by atoms with Gasteiger partial charge in [0.2, 0.25) is 0 Å². The van der Waals surface area contributed by atoms with Gasteiger partial charge in [0, 0.05) is 37.7 Å². The van der Waals surface area contributed by atoms with Crippen molar-refractivity contribution in [3.05, 3.63) is 0 Å².